The molecule has 4 aromatic rings. The maximum Gasteiger partial charge on any atom is 0.221 e. The van der Waals surface area contributed by atoms with Crippen LogP contribution in [0.25, 0.3) is 33.5 Å². The lowest BCUT2D eigenvalue weighted by Crippen LogP contribution is -1.91. The molecule has 0 fully saturated rings. The molecule has 0 saturated heterocycles. The molecule has 2 aromatic heterocycles. The predicted octanol–water partition coefficient (Wildman–Crippen LogP) is 4.50. The average Bonchev–Trinajstić information content (AvgIpc) is 3.11. The summed E-state index contributed by atoms with van der Waals surface area (Å²) >= 11 is 0. The van der Waals surface area contributed by atoms with E-state index in [9.17, 15) is 4.79 Å². The molecule has 1 N–H and O–H groups in total. The molecule has 5 nitrogen and oxygen atoms in total. The largest absolute Gasteiger partial charge is 0.481 e. The van der Waals surface area contributed by atoms with Gasteiger partial charge in [-0.2, -0.15) is 0 Å². The van der Waals surface area contributed by atoms with Gasteiger partial charge in [-0.15, -0.1) is 0 Å². The van der Waals surface area contributed by atoms with Gasteiger partial charge in [0.1, 0.15) is 5.82 Å². The van der Waals surface area contributed by atoms with Crippen LogP contribution in [0.4, 0.5) is 0 Å². The smallest absolute Gasteiger partial charge is 0.221 e. The van der Waals surface area contributed by atoms with Crippen molar-refractivity contribution in [3.05, 3.63) is 66.4 Å². The van der Waals surface area contributed by atoms with Gasteiger partial charge in [-0.25, -0.2) is 9.97 Å². The fourth-order valence-electron chi connectivity index (χ4n) is 2.97. The van der Waals surface area contributed by atoms with Crippen LogP contribution in [-0.4, -0.2) is 27.8 Å². The fraction of sp³-hybridized carbons (Fsp3) is 0.0952. The molecule has 0 radical (unpaired) electrons. The SMILES string of the molecule is COc1ncccc1-c1cccc(-c2nc3cc(C(C)=O)ccc3[nH]2)c1. The lowest BCUT2D eigenvalue weighted by atomic mass is 10.0. The van der Waals surface area contributed by atoms with Crippen LogP contribution in [0.5, 0.6) is 5.88 Å². The number of rotatable bonds is 4. The van der Waals surface area contributed by atoms with E-state index >= 15 is 0 Å². The zero-order valence-electron chi connectivity index (χ0n) is 14.5. The molecule has 0 aliphatic rings. The summed E-state index contributed by atoms with van der Waals surface area (Å²) in [6.07, 6.45) is 1.71. The number of ether oxygens (including phenoxy) is 1. The number of Topliss-reactive ketones (excluding diaryl/α,β-unsaturated/α-hetero) is 1. The van der Waals surface area contributed by atoms with Gasteiger partial charge in [0.05, 0.1) is 18.1 Å². The number of hydrogen-bond donors (Lipinski definition) is 1. The molecule has 26 heavy (non-hydrogen) atoms. The van der Waals surface area contributed by atoms with Gasteiger partial charge in [0.25, 0.3) is 0 Å². The normalized spacial score (nSPS) is 10.8. The Morgan fingerprint density at radius 2 is 1.88 bits per heavy atom. The van der Waals surface area contributed by atoms with Crippen molar-refractivity contribution in [1.29, 1.82) is 0 Å². The molecule has 0 amide bonds. The highest BCUT2D eigenvalue weighted by atomic mass is 16.5. The summed E-state index contributed by atoms with van der Waals surface area (Å²) in [5.74, 6) is 1.37. The highest BCUT2D eigenvalue weighted by Crippen LogP contribution is 2.31. The number of carbonyl (C=O) groups is 1. The van der Waals surface area contributed by atoms with E-state index in [1.54, 1.807) is 20.2 Å². The van der Waals surface area contributed by atoms with Gasteiger partial charge in [0.2, 0.25) is 5.88 Å². The Kier molecular flexibility index (Phi) is 3.97. The molecule has 5 heteroatoms. The van der Waals surface area contributed by atoms with Crippen LogP contribution < -0.4 is 4.74 Å². The summed E-state index contributed by atoms with van der Waals surface area (Å²) in [6.45, 7) is 1.56. The van der Waals surface area contributed by atoms with Gasteiger partial charge in [0, 0.05) is 22.9 Å². The maximum absolute atomic E-state index is 11.6. The topological polar surface area (TPSA) is 67.9 Å². The maximum atomic E-state index is 11.6. The number of pyridine rings is 1. The van der Waals surface area contributed by atoms with Crippen LogP contribution in [0.15, 0.2) is 60.8 Å². The molecular weight excluding hydrogens is 326 g/mol. The Labute approximate surface area is 150 Å². The number of aromatic amines is 1. The Bertz CT molecular complexity index is 1120. The van der Waals surface area contributed by atoms with Crippen LogP contribution in [0.1, 0.15) is 17.3 Å². The number of methoxy groups -OCH3 is 1. The number of hydrogen-bond acceptors (Lipinski definition) is 4. The highest BCUT2D eigenvalue weighted by molar-refractivity contribution is 5.97. The summed E-state index contributed by atoms with van der Waals surface area (Å²) < 4.78 is 5.36. The number of nitrogens with zero attached hydrogens (tertiary/aromatic N) is 2. The van der Waals surface area contributed by atoms with E-state index in [-0.39, 0.29) is 5.78 Å². The standard InChI is InChI=1S/C21H17N3O2/c1-13(25)14-8-9-18-19(12-14)24-20(23-18)16-6-3-5-15(11-16)17-7-4-10-22-21(17)26-2/h3-12H,1-2H3,(H,23,24). The zero-order valence-corrected chi connectivity index (χ0v) is 14.5. The molecule has 0 bridgehead atoms. The van der Waals surface area contributed by atoms with Crippen LogP contribution in [0, 0.1) is 0 Å². The van der Waals surface area contributed by atoms with Crippen molar-refractivity contribution in [3.8, 4) is 28.4 Å². The molecule has 0 saturated carbocycles. The van der Waals surface area contributed by atoms with Gasteiger partial charge in [-0.05, 0) is 48.9 Å². The molecule has 4 rings (SSSR count). The van der Waals surface area contributed by atoms with Crippen molar-refractivity contribution in [2.75, 3.05) is 7.11 Å². The van der Waals surface area contributed by atoms with Crippen molar-refractivity contribution in [3.63, 3.8) is 0 Å². The molecule has 0 spiro atoms. The lowest BCUT2D eigenvalue weighted by molar-refractivity contribution is 0.101. The second-order valence-electron chi connectivity index (χ2n) is 6.01. The number of carbonyl (C=O) groups excluding carboxylic acids is 1. The number of ketones is 1. The summed E-state index contributed by atoms with van der Waals surface area (Å²) in [4.78, 5) is 23.8. The first-order chi connectivity index (χ1) is 12.7. The van der Waals surface area contributed by atoms with Crippen molar-refractivity contribution in [2.24, 2.45) is 0 Å². The third-order valence-electron chi connectivity index (χ3n) is 4.30. The first-order valence-corrected chi connectivity index (χ1v) is 8.26. The number of benzene rings is 2. The fourth-order valence-corrected chi connectivity index (χ4v) is 2.97. The van der Waals surface area contributed by atoms with Gasteiger partial charge < -0.3 is 9.72 Å². The Hall–Kier alpha value is -3.47. The summed E-state index contributed by atoms with van der Waals surface area (Å²) in [5.41, 5.74) is 5.20. The summed E-state index contributed by atoms with van der Waals surface area (Å²) in [5, 5.41) is 0. The molecule has 2 heterocycles. The van der Waals surface area contributed by atoms with Gasteiger partial charge in [-0.3, -0.25) is 4.79 Å². The predicted molar refractivity (Wildman–Crippen MR) is 101 cm³/mol. The van der Waals surface area contributed by atoms with Gasteiger partial charge in [-0.1, -0.05) is 18.2 Å². The van der Waals surface area contributed by atoms with Crippen molar-refractivity contribution < 1.29 is 9.53 Å². The Balaban J connectivity index is 1.79. The minimum atomic E-state index is 0.0297. The second-order valence-corrected chi connectivity index (χ2v) is 6.01. The van der Waals surface area contributed by atoms with Crippen LogP contribution in [0.3, 0.4) is 0 Å². The summed E-state index contributed by atoms with van der Waals surface area (Å²) in [7, 11) is 1.61. The van der Waals surface area contributed by atoms with E-state index in [1.807, 2.05) is 54.6 Å². The van der Waals surface area contributed by atoms with Crippen LogP contribution in [-0.2, 0) is 0 Å². The molecule has 0 atom stereocenters. The molecule has 2 aromatic carbocycles. The number of nitrogens with one attached hydrogen (secondary N) is 1. The van der Waals surface area contributed by atoms with E-state index in [4.69, 9.17) is 4.74 Å². The van der Waals surface area contributed by atoms with E-state index < -0.39 is 0 Å². The van der Waals surface area contributed by atoms with Crippen molar-refractivity contribution in [1.82, 2.24) is 15.0 Å². The molecular formula is C21H17N3O2. The molecule has 0 unspecified atom stereocenters. The quantitative estimate of drug-likeness (QED) is 0.554. The molecule has 0 aliphatic heterocycles. The lowest BCUT2D eigenvalue weighted by Gasteiger charge is -2.08. The number of imidazole rings is 1. The number of H-pyrrole nitrogens is 1. The van der Waals surface area contributed by atoms with Crippen LogP contribution in [0.2, 0.25) is 0 Å². The minimum Gasteiger partial charge on any atom is -0.481 e. The van der Waals surface area contributed by atoms with Crippen LogP contribution >= 0.6 is 0 Å². The third kappa shape index (κ3) is 2.84. The first-order valence-electron chi connectivity index (χ1n) is 8.26. The van der Waals surface area contributed by atoms with Crippen molar-refractivity contribution in [2.45, 2.75) is 6.92 Å². The number of aromatic nitrogens is 3. The Morgan fingerprint density at radius 1 is 1.04 bits per heavy atom. The average molecular weight is 343 g/mol. The number of fused-ring (bicyclic) bond motifs is 1. The zero-order chi connectivity index (χ0) is 18.1. The van der Waals surface area contributed by atoms with E-state index in [2.05, 4.69) is 15.0 Å². The molecule has 128 valence electrons. The van der Waals surface area contributed by atoms with E-state index in [1.165, 1.54) is 0 Å². The van der Waals surface area contributed by atoms with E-state index in [0.29, 0.717) is 11.4 Å². The second kappa shape index (κ2) is 6.44. The van der Waals surface area contributed by atoms with Gasteiger partial charge >= 0.3 is 0 Å². The minimum absolute atomic E-state index is 0.0297. The monoisotopic (exact) mass is 343 g/mol. The first kappa shape index (κ1) is 16.0. The van der Waals surface area contributed by atoms with Crippen molar-refractivity contribution >= 4 is 16.8 Å². The summed E-state index contributed by atoms with van der Waals surface area (Å²) in [6, 6.07) is 17.4. The van der Waals surface area contributed by atoms with E-state index in [0.717, 1.165) is 33.5 Å². The van der Waals surface area contributed by atoms with Gasteiger partial charge in [0.15, 0.2) is 5.78 Å². The highest BCUT2D eigenvalue weighted by Gasteiger charge is 2.11. The Morgan fingerprint density at radius 3 is 2.69 bits per heavy atom. The molecule has 0 aliphatic carbocycles. The third-order valence-corrected chi connectivity index (χ3v) is 4.30.